The minimum Gasteiger partial charge on any atom is -0.379 e. The van der Waals surface area contributed by atoms with E-state index in [2.05, 4.69) is 34.8 Å². The molecule has 1 fully saturated rings. The molecule has 0 aromatic heterocycles. The van der Waals surface area contributed by atoms with Crippen LogP contribution in [0.25, 0.3) is 0 Å². The van der Waals surface area contributed by atoms with Gasteiger partial charge in [-0.25, -0.2) is 0 Å². The van der Waals surface area contributed by atoms with Gasteiger partial charge < -0.3 is 5.32 Å². The van der Waals surface area contributed by atoms with Gasteiger partial charge in [0.05, 0.1) is 21.6 Å². The fourth-order valence-electron chi connectivity index (χ4n) is 3.26. The van der Waals surface area contributed by atoms with Crippen molar-refractivity contribution in [3.05, 3.63) is 32.3 Å². The lowest BCUT2D eigenvalue weighted by atomic mass is 10.2. The van der Waals surface area contributed by atoms with Gasteiger partial charge in [0, 0.05) is 40.3 Å². The first-order valence-electron chi connectivity index (χ1n) is 9.48. The maximum atomic E-state index is 11.2. The number of anilines is 1. The lowest BCUT2D eigenvalue weighted by Crippen LogP contribution is -2.29. The van der Waals surface area contributed by atoms with E-state index in [1.54, 1.807) is 0 Å². The highest BCUT2D eigenvalue weighted by molar-refractivity contribution is 6.76. The number of hydrogen-bond acceptors (Lipinski definition) is 5. The number of nitro groups is 1. The summed E-state index contributed by atoms with van der Waals surface area (Å²) in [6, 6.07) is 4.21. The van der Waals surface area contributed by atoms with Gasteiger partial charge in [-0.1, -0.05) is 48.9 Å². The second kappa shape index (κ2) is 10.1. The Morgan fingerprint density at radius 3 is 2.30 bits per heavy atom. The second-order valence-electron chi connectivity index (χ2n) is 8.36. The third kappa shape index (κ3) is 7.58. The van der Waals surface area contributed by atoms with Crippen molar-refractivity contribution in [1.82, 2.24) is 9.80 Å². The van der Waals surface area contributed by atoms with Crippen LogP contribution >= 0.6 is 23.2 Å². The Kier molecular flexibility index (Phi) is 8.36. The Balaban J connectivity index is 1.71. The zero-order chi connectivity index (χ0) is 20.0. The van der Waals surface area contributed by atoms with Crippen LogP contribution in [0.3, 0.4) is 0 Å². The predicted molar refractivity (Wildman–Crippen MR) is 117 cm³/mol. The van der Waals surface area contributed by atoms with Gasteiger partial charge in [0.25, 0.3) is 5.69 Å². The van der Waals surface area contributed by atoms with Crippen LogP contribution in [0.4, 0.5) is 11.4 Å². The van der Waals surface area contributed by atoms with Gasteiger partial charge in [-0.3, -0.25) is 19.9 Å². The maximum absolute atomic E-state index is 11.2. The molecule has 0 atom stereocenters. The molecule has 0 radical (unpaired) electrons. The molecule has 1 aromatic rings. The van der Waals surface area contributed by atoms with Crippen molar-refractivity contribution >= 4 is 42.7 Å². The third-order valence-electron chi connectivity index (χ3n) is 4.74. The summed E-state index contributed by atoms with van der Waals surface area (Å²) in [7, 11) is -0.939. The molecule has 1 heterocycles. The molecule has 0 saturated carbocycles. The van der Waals surface area contributed by atoms with Gasteiger partial charge in [-0.05, 0) is 25.5 Å². The van der Waals surface area contributed by atoms with Crippen LogP contribution in [0, 0.1) is 10.1 Å². The third-order valence-corrected chi connectivity index (χ3v) is 7.31. The minimum atomic E-state index is -0.939. The summed E-state index contributed by atoms with van der Waals surface area (Å²) in [5.41, 5.74) is 0.378. The highest BCUT2D eigenvalue weighted by atomic mass is 35.5. The van der Waals surface area contributed by atoms with E-state index in [9.17, 15) is 10.1 Å². The number of benzene rings is 1. The van der Waals surface area contributed by atoms with E-state index in [1.807, 2.05) is 0 Å². The number of nitrogens with zero attached hydrogens (tertiary/aromatic N) is 3. The minimum absolute atomic E-state index is 0.0425. The molecule has 1 aliphatic heterocycles. The maximum Gasteiger partial charge on any atom is 0.293 e. The highest BCUT2D eigenvalue weighted by Crippen LogP contribution is 2.33. The lowest BCUT2D eigenvalue weighted by Gasteiger charge is -2.20. The van der Waals surface area contributed by atoms with E-state index < -0.39 is 13.0 Å². The molecule has 152 valence electrons. The van der Waals surface area contributed by atoms with Crippen LogP contribution < -0.4 is 5.32 Å². The van der Waals surface area contributed by atoms with Gasteiger partial charge in [0.15, 0.2) is 0 Å². The molecule has 0 aliphatic carbocycles. The summed E-state index contributed by atoms with van der Waals surface area (Å²) in [6.07, 6.45) is 2.21. The molecule has 27 heavy (non-hydrogen) atoms. The molecule has 1 aliphatic rings. The Morgan fingerprint density at radius 1 is 1.11 bits per heavy atom. The summed E-state index contributed by atoms with van der Waals surface area (Å²) < 4.78 is 0. The molecule has 9 heteroatoms. The first-order chi connectivity index (χ1) is 12.7. The number of rotatable bonds is 10. The van der Waals surface area contributed by atoms with E-state index >= 15 is 0 Å². The Hall–Kier alpha value is -0.863. The number of nitrogens with one attached hydrogen (secondary N) is 1. The van der Waals surface area contributed by atoms with Crippen LogP contribution in [0.2, 0.25) is 35.7 Å². The Labute approximate surface area is 173 Å². The van der Waals surface area contributed by atoms with Gasteiger partial charge in [-0.15, -0.1) is 0 Å². The van der Waals surface area contributed by atoms with Gasteiger partial charge in [0.1, 0.15) is 5.69 Å². The second-order valence-corrected chi connectivity index (χ2v) is 14.8. The standard InChI is InChI=1S/C18H30Cl2N4O2Si/c1-27(2,3)11-5-8-23-10-9-22(14-23)7-4-6-21-17-12-15(19)16(20)13-18(17)24(25)26/h12-13,21H,4-11,14H2,1-3H3. The quantitative estimate of drug-likeness (QED) is 0.243. The van der Waals surface area contributed by atoms with E-state index in [0.29, 0.717) is 17.3 Å². The summed E-state index contributed by atoms with van der Waals surface area (Å²) in [6.45, 7) is 13.4. The van der Waals surface area contributed by atoms with Crippen molar-refractivity contribution in [3.8, 4) is 0 Å². The molecule has 0 spiro atoms. The fourth-order valence-corrected chi connectivity index (χ4v) is 4.80. The summed E-state index contributed by atoms with van der Waals surface area (Å²) in [5.74, 6) is 0. The zero-order valence-corrected chi connectivity index (χ0v) is 18.9. The average molecular weight is 433 g/mol. The molecular weight excluding hydrogens is 403 g/mol. The molecular formula is C18H30Cl2N4O2Si. The van der Waals surface area contributed by atoms with Gasteiger partial charge in [-0.2, -0.15) is 0 Å². The zero-order valence-electron chi connectivity index (χ0n) is 16.4. The fraction of sp³-hybridized carbons (Fsp3) is 0.667. The lowest BCUT2D eigenvalue weighted by molar-refractivity contribution is -0.383. The van der Waals surface area contributed by atoms with Crippen molar-refractivity contribution in [2.75, 3.05) is 44.7 Å². The van der Waals surface area contributed by atoms with Crippen molar-refractivity contribution in [2.24, 2.45) is 0 Å². The van der Waals surface area contributed by atoms with Gasteiger partial charge in [0.2, 0.25) is 0 Å². The topological polar surface area (TPSA) is 61.6 Å². The van der Waals surface area contributed by atoms with Crippen LogP contribution in [0.1, 0.15) is 12.8 Å². The van der Waals surface area contributed by atoms with Crippen LogP contribution in [0.5, 0.6) is 0 Å². The van der Waals surface area contributed by atoms with E-state index in [0.717, 1.165) is 32.7 Å². The van der Waals surface area contributed by atoms with E-state index in [-0.39, 0.29) is 10.7 Å². The number of nitro benzene ring substituents is 1. The first kappa shape index (κ1) is 22.4. The predicted octanol–water partition coefficient (Wildman–Crippen LogP) is 5.01. The first-order valence-corrected chi connectivity index (χ1v) is 13.9. The molecule has 0 amide bonds. The summed E-state index contributed by atoms with van der Waals surface area (Å²) in [4.78, 5) is 15.7. The van der Waals surface area contributed by atoms with Crippen LogP contribution in [-0.4, -0.2) is 62.2 Å². The SMILES string of the molecule is C[Si](C)(C)CCCN1CCN(CCCNc2cc(Cl)c(Cl)cc2[N+](=O)[O-])C1. The summed E-state index contributed by atoms with van der Waals surface area (Å²) in [5, 5.41) is 14.8. The van der Waals surface area contributed by atoms with Crippen LogP contribution in [-0.2, 0) is 0 Å². The van der Waals surface area contributed by atoms with Gasteiger partial charge >= 0.3 is 0 Å². The van der Waals surface area contributed by atoms with Crippen molar-refractivity contribution < 1.29 is 4.92 Å². The Morgan fingerprint density at radius 2 is 1.70 bits per heavy atom. The van der Waals surface area contributed by atoms with E-state index in [4.69, 9.17) is 23.2 Å². The molecule has 2 rings (SSSR count). The monoisotopic (exact) mass is 432 g/mol. The van der Waals surface area contributed by atoms with E-state index in [1.165, 1.54) is 31.1 Å². The van der Waals surface area contributed by atoms with Crippen molar-refractivity contribution in [1.29, 1.82) is 0 Å². The largest absolute Gasteiger partial charge is 0.379 e. The molecule has 6 nitrogen and oxygen atoms in total. The number of halogens is 2. The molecule has 0 unspecified atom stereocenters. The number of hydrogen-bond donors (Lipinski definition) is 1. The van der Waals surface area contributed by atoms with Crippen LogP contribution in [0.15, 0.2) is 12.1 Å². The molecule has 1 saturated heterocycles. The smallest absolute Gasteiger partial charge is 0.293 e. The van der Waals surface area contributed by atoms with Crippen molar-refractivity contribution in [2.45, 2.75) is 38.5 Å². The highest BCUT2D eigenvalue weighted by Gasteiger charge is 2.21. The molecule has 0 bridgehead atoms. The molecule has 1 N–H and O–H groups in total. The Bertz CT molecular complexity index is 655. The van der Waals surface area contributed by atoms with Crippen molar-refractivity contribution in [3.63, 3.8) is 0 Å². The average Bonchev–Trinajstić information content (AvgIpc) is 3.00. The molecule has 1 aromatic carbocycles. The normalized spacial score (nSPS) is 16.0. The summed E-state index contributed by atoms with van der Waals surface area (Å²) >= 11 is 11.9.